The van der Waals surface area contributed by atoms with Crippen LogP contribution >= 0.6 is 23.2 Å². The van der Waals surface area contributed by atoms with Crippen LogP contribution in [0.25, 0.3) is 0 Å². The van der Waals surface area contributed by atoms with Crippen LogP contribution < -0.4 is 16.6 Å². The van der Waals surface area contributed by atoms with Crippen LogP contribution in [0.3, 0.4) is 0 Å². The molecule has 0 atom stereocenters. The van der Waals surface area contributed by atoms with Crippen molar-refractivity contribution in [3.63, 3.8) is 0 Å². The van der Waals surface area contributed by atoms with Gasteiger partial charge in [0.15, 0.2) is 0 Å². The SMILES string of the molecule is NNc1c(F)cccc1C(=O)Nc1ccc(Cl)c(Cl)c1. The molecule has 7 heteroatoms. The molecule has 0 aliphatic carbocycles. The number of hydrazine groups is 1. The van der Waals surface area contributed by atoms with Gasteiger partial charge >= 0.3 is 0 Å². The average molecular weight is 314 g/mol. The zero-order chi connectivity index (χ0) is 14.7. The largest absolute Gasteiger partial charge is 0.322 e. The first-order chi connectivity index (χ1) is 9.52. The fourth-order valence-corrected chi connectivity index (χ4v) is 1.93. The van der Waals surface area contributed by atoms with Gasteiger partial charge in [-0.25, -0.2) is 4.39 Å². The summed E-state index contributed by atoms with van der Waals surface area (Å²) >= 11 is 11.6. The Bertz CT molecular complexity index is 664. The van der Waals surface area contributed by atoms with Crippen molar-refractivity contribution in [3.8, 4) is 0 Å². The highest BCUT2D eigenvalue weighted by molar-refractivity contribution is 6.42. The summed E-state index contributed by atoms with van der Waals surface area (Å²) < 4.78 is 13.5. The topological polar surface area (TPSA) is 67.1 Å². The number of amides is 1. The highest BCUT2D eigenvalue weighted by Crippen LogP contribution is 2.26. The van der Waals surface area contributed by atoms with E-state index >= 15 is 0 Å². The molecular weight excluding hydrogens is 304 g/mol. The predicted molar refractivity (Wildman–Crippen MR) is 78.6 cm³/mol. The average Bonchev–Trinajstić information content (AvgIpc) is 2.42. The number of rotatable bonds is 3. The van der Waals surface area contributed by atoms with Gasteiger partial charge in [-0.05, 0) is 30.3 Å². The molecule has 0 aliphatic rings. The second-order valence-corrected chi connectivity index (χ2v) is 4.70. The first kappa shape index (κ1) is 14.6. The van der Waals surface area contributed by atoms with Gasteiger partial charge in [-0.3, -0.25) is 10.6 Å². The van der Waals surface area contributed by atoms with Crippen molar-refractivity contribution in [2.75, 3.05) is 10.7 Å². The van der Waals surface area contributed by atoms with Crippen LogP contribution in [0.2, 0.25) is 10.0 Å². The Hall–Kier alpha value is -1.82. The molecule has 0 saturated heterocycles. The fraction of sp³-hybridized carbons (Fsp3) is 0. The van der Waals surface area contributed by atoms with Crippen LogP contribution in [-0.4, -0.2) is 5.91 Å². The molecule has 0 heterocycles. The summed E-state index contributed by atoms with van der Waals surface area (Å²) in [6, 6.07) is 8.70. The van der Waals surface area contributed by atoms with Crippen molar-refractivity contribution >= 4 is 40.5 Å². The highest BCUT2D eigenvalue weighted by atomic mass is 35.5. The lowest BCUT2D eigenvalue weighted by molar-refractivity contribution is 0.102. The smallest absolute Gasteiger partial charge is 0.257 e. The van der Waals surface area contributed by atoms with Gasteiger partial charge in [-0.15, -0.1) is 0 Å². The minimum Gasteiger partial charge on any atom is -0.322 e. The van der Waals surface area contributed by atoms with E-state index in [1.54, 1.807) is 12.1 Å². The minimum absolute atomic E-state index is 0.0786. The molecule has 20 heavy (non-hydrogen) atoms. The normalized spacial score (nSPS) is 10.2. The van der Waals surface area contributed by atoms with E-state index in [4.69, 9.17) is 29.0 Å². The van der Waals surface area contributed by atoms with Crippen molar-refractivity contribution in [2.24, 2.45) is 5.84 Å². The van der Waals surface area contributed by atoms with Gasteiger partial charge in [0.25, 0.3) is 5.91 Å². The first-order valence-electron chi connectivity index (χ1n) is 5.54. The van der Waals surface area contributed by atoms with Gasteiger partial charge in [0.05, 0.1) is 21.3 Å². The molecule has 0 unspecified atom stereocenters. The first-order valence-corrected chi connectivity index (χ1v) is 6.30. The van der Waals surface area contributed by atoms with E-state index in [1.165, 1.54) is 24.3 Å². The number of carbonyl (C=O) groups is 1. The van der Waals surface area contributed by atoms with Crippen molar-refractivity contribution < 1.29 is 9.18 Å². The van der Waals surface area contributed by atoms with E-state index in [0.717, 1.165) is 0 Å². The lowest BCUT2D eigenvalue weighted by atomic mass is 10.1. The maximum Gasteiger partial charge on any atom is 0.257 e. The molecule has 2 aromatic rings. The van der Waals surface area contributed by atoms with Gasteiger partial charge in [-0.2, -0.15) is 0 Å². The van der Waals surface area contributed by atoms with Crippen molar-refractivity contribution in [3.05, 3.63) is 57.8 Å². The van der Waals surface area contributed by atoms with Gasteiger partial charge < -0.3 is 10.7 Å². The Morgan fingerprint density at radius 2 is 1.90 bits per heavy atom. The number of nitrogens with two attached hydrogens (primary N) is 1. The molecule has 2 rings (SSSR count). The Morgan fingerprint density at radius 1 is 1.15 bits per heavy atom. The number of hydrogen-bond acceptors (Lipinski definition) is 3. The molecule has 1 amide bonds. The molecule has 0 aromatic heterocycles. The molecule has 4 nitrogen and oxygen atoms in total. The summed E-state index contributed by atoms with van der Waals surface area (Å²) in [6.45, 7) is 0. The standard InChI is InChI=1S/C13H10Cl2FN3O/c14-9-5-4-7(6-10(9)15)18-13(20)8-2-1-3-11(16)12(8)19-17/h1-6,19H,17H2,(H,18,20). The third-order valence-corrected chi connectivity index (χ3v) is 3.32. The zero-order valence-electron chi connectivity index (χ0n) is 10.1. The maximum absolute atomic E-state index is 13.5. The van der Waals surface area contributed by atoms with Crippen LogP contribution in [0, 0.1) is 5.82 Å². The van der Waals surface area contributed by atoms with Crippen molar-refractivity contribution in [2.45, 2.75) is 0 Å². The Labute approximate surface area is 124 Å². The summed E-state index contributed by atoms with van der Waals surface area (Å²) in [5, 5.41) is 3.27. The van der Waals surface area contributed by atoms with E-state index in [2.05, 4.69) is 10.7 Å². The van der Waals surface area contributed by atoms with Crippen molar-refractivity contribution in [1.29, 1.82) is 0 Å². The zero-order valence-corrected chi connectivity index (χ0v) is 11.6. The number of nitrogens with one attached hydrogen (secondary N) is 2. The lowest BCUT2D eigenvalue weighted by Gasteiger charge is -2.10. The predicted octanol–water partition coefficient (Wildman–Crippen LogP) is 3.67. The number of nitrogen functional groups attached to an aromatic ring is 1. The monoisotopic (exact) mass is 313 g/mol. The third-order valence-electron chi connectivity index (χ3n) is 2.58. The van der Waals surface area contributed by atoms with Crippen LogP contribution in [0.4, 0.5) is 15.8 Å². The molecule has 104 valence electrons. The molecule has 4 N–H and O–H groups in total. The van der Waals surface area contributed by atoms with E-state index < -0.39 is 11.7 Å². The van der Waals surface area contributed by atoms with E-state index in [1.807, 2.05) is 0 Å². The Balaban J connectivity index is 2.28. The maximum atomic E-state index is 13.5. The summed E-state index contributed by atoms with van der Waals surface area (Å²) in [5.41, 5.74) is 2.61. The molecule has 0 radical (unpaired) electrons. The Kier molecular flexibility index (Phi) is 4.44. The molecule has 0 spiro atoms. The summed E-state index contributed by atoms with van der Waals surface area (Å²) in [7, 11) is 0. The Morgan fingerprint density at radius 3 is 2.55 bits per heavy atom. The van der Waals surface area contributed by atoms with Crippen LogP contribution in [0.5, 0.6) is 0 Å². The van der Waals surface area contributed by atoms with Gasteiger partial charge in [0, 0.05) is 5.69 Å². The van der Waals surface area contributed by atoms with Gasteiger partial charge in [-0.1, -0.05) is 29.3 Å². The second-order valence-electron chi connectivity index (χ2n) is 3.89. The molecule has 0 aliphatic heterocycles. The summed E-state index contributed by atoms with van der Waals surface area (Å²) in [4.78, 5) is 12.1. The number of benzene rings is 2. The highest BCUT2D eigenvalue weighted by Gasteiger charge is 2.14. The number of anilines is 2. The lowest BCUT2D eigenvalue weighted by Crippen LogP contribution is -2.18. The molecule has 0 fully saturated rings. The third kappa shape index (κ3) is 3.01. The number of carbonyl (C=O) groups excluding carboxylic acids is 1. The quantitative estimate of drug-likeness (QED) is 0.598. The second kappa shape index (κ2) is 6.09. The van der Waals surface area contributed by atoms with Gasteiger partial charge in [0.2, 0.25) is 0 Å². The number of halogens is 3. The van der Waals surface area contributed by atoms with E-state index in [9.17, 15) is 9.18 Å². The molecule has 0 saturated carbocycles. The fourth-order valence-electron chi connectivity index (χ4n) is 1.63. The van der Waals surface area contributed by atoms with E-state index in [0.29, 0.717) is 15.7 Å². The van der Waals surface area contributed by atoms with Gasteiger partial charge in [0.1, 0.15) is 5.82 Å². The summed E-state index contributed by atoms with van der Waals surface area (Å²) in [6.07, 6.45) is 0. The number of hydrogen-bond donors (Lipinski definition) is 3. The van der Waals surface area contributed by atoms with Crippen LogP contribution in [0.1, 0.15) is 10.4 Å². The molecular formula is C13H10Cl2FN3O. The minimum atomic E-state index is -0.616. The van der Waals surface area contributed by atoms with Crippen molar-refractivity contribution in [1.82, 2.24) is 0 Å². The molecule has 2 aromatic carbocycles. The number of para-hydroxylation sites is 1. The van der Waals surface area contributed by atoms with Crippen LogP contribution in [0.15, 0.2) is 36.4 Å². The van der Waals surface area contributed by atoms with Crippen LogP contribution in [-0.2, 0) is 0 Å². The summed E-state index contributed by atoms with van der Waals surface area (Å²) in [5.74, 6) is 4.08. The molecule has 0 bridgehead atoms. The van der Waals surface area contributed by atoms with E-state index in [-0.39, 0.29) is 11.3 Å².